The molecule has 2 saturated heterocycles. The Morgan fingerprint density at radius 1 is 1.38 bits per heavy atom. The Kier molecular flexibility index (Phi) is 4.20. The summed E-state index contributed by atoms with van der Waals surface area (Å²) < 4.78 is 5.10. The molecule has 0 aromatic heterocycles. The molecule has 1 aromatic rings. The van der Waals surface area contributed by atoms with Crippen LogP contribution in [-0.2, 0) is 0 Å². The second-order valence-electron chi connectivity index (χ2n) is 5.96. The molecule has 0 radical (unpaired) electrons. The lowest BCUT2D eigenvalue weighted by molar-refractivity contribution is 0.0344. The van der Waals surface area contributed by atoms with Crippen molar-refractivity contribution < 1.29 is 14.6 Å². The van der Waals surface area contributed by atoms with E-state index < -0.39 is 0 Å². The molecule has 21 heavy (non-hydrogen) atoms. The maximum Gasteiger partial charge on any atom is 0.176 e. The second-order valence-corrected chi connectivity index (χ2v) is 6.36. The van der Waals surface area contributed by atoms with Crippen LogP contribution in [0.2, 0.25) is 5.02 Å². The summed E-state index contributed by atoms with van der Waals surface area (Å²) in [5.74, 6) is 0.655. The Morgan fingerprint density at radius 2 is 2.05 bits per heavy atom. The molecule has 0 saturated carbocycles. The molecule has 2 aliphatic heterocycles. The number of hydrogen-bond donors (Lipinski definition) is 1. The number of methoxy groups -OCH3 is 1. The Bertz CT molecular complexity index is 534. The van der Waals surface area contributed by atoms with Crippen LogP contribution in [0.4, 0.5) is 0 Å². The van der Waals surface area contributed by atoms with Gasteiger partial charge in [0, 0.05) is 17.6 Å². The van der Waals surface area contributed by atoms with E-state index in [9.17, 15) is 9.90 Å². The van der Waals surface area contributed by atoms with Crippen molar-refractivity contribution in [3.63, 3.8) is 0 Å². The van der Waals surface area contributed by atoms with Gasteiger partial charge in [-0.2, -0.15) is 0 Å². The molecule has 2 atom stereocenters. The van der Waals surface area contributed by atoms with Crippen molar-refractivity contribution in [1.29, 1.82) is 0 Å². The molecule has 0 aliphatic carbocycles. The van der Waals surface area contributed by atoms with E-state index in [4.69, 9.17) is 16.3 Å². The van der Waals surface area contributed by atoms with E-state index in [-0.39, 0.29) is 11.9 Å². The summed E-state index contributed by atoms with van der Waals surface area (Å²) in [6.45, 7) is 0.407. The van der Waals surface area contributed by atoms with Crippen LogP contribution in [-0.4, -0.2) is 47.6 Å². The average Bonchev–Trinajstić information content (AvgIpc) is 2.70. The highest BCUT2D eigenvalue weighted by molar-refractivity contribution is 6.32. The highest BCUT2D eigenvalue weighted by Crippen LogP contribution is 2.35. The molecule has 1 aromatic carbocycles. The molecule has 0 amide bonds. The van der Waals surface area contributed by atoms with Crippen LogP contribution in [0.15, 0.2) is 18.2 Å². The first kappa shape index (κ1) is 14.8. The summed E-state index contributed by atoms with van der Waals surface area (Å²) in [4.78, 5) is 14.7. The van der Waals surface area contributed by atoms with Crippen molar-refractivity contribution in [3.05, 3.63) is 28.8 Å². The second kappa shape index (κ2) is 5.95. The summed E-state index contributed by atoms with van der Waals surface area (Å²) in [7, 11) is 1.55. The minimum atomic E-state index is -0.204. The van der Waals surface area contributed by atoms with Crippen molar-refractivity contribution in [2.75, 3.05) is 13.7 Å². The molecule has 114 valence electrons. The van der Waals surface area contributed by atoms with Gasteiger partial charge >= 0.3 is 0 Å². The van der Waals surface area contributed by atoms with Crippen LogP contribution in [0.5, 0.6) is 5.75 Å². The maximum absolute atomic E-state index is 12.5. The summed E-state index contributed by atoms with van der Waals surface area (Å²) in [5, 5.41) is 10.3. The quantitative estimate of drug-likeness (QED) is 0.868. The van der Waals surface area contributed by atoms with E-state index in [1.54, 1.807) is 25.3 Å². The SMILES string of the molecule is COc1ccc(C(=O)CN2C3CCC2CC(O)C3)cc1Cl. The highest BCUT2D eigenvalue weighted by Gasteiger charge is 2.40. The van der Waals surface area contributed by atoms with Gasteiger partial charge in [0.2, 0.25) is 0 Å². The standard InChI is InChI=1S/C16H20ClNO3/c1-21-16-5-2-10(6-14(16)17)15(20)9-18-11-3-4-12(18)8-13(19)7-11/h2,5-6,11-13,19H,3-4,7-9H2,1H3. The number of benzene rings is 1. The van der Waals surface area contributed by atoms with Crippen molar-refractivity contribution in [2.24, 2.45) is 0 Å². The average molecular weight is 310 g/mol. The van der Waals surface area contributed by atoms with Gasteiger partial charge in [-0.05, 0) is 43.9 Å². The number of halogens is 1. The minimum absolute atomic E-state index is 0.0767. The van der Waals surface area contributed by atoms with Crippen molar-refractivity contribution in [3.8, 4) is 5.75 Å². The van der Waals surface area contributed by atoms with Gasteiger partial charge in [0.15, 0.2) is 5.78 Å². The highest BCUT2D eigenvalue weighted by atomic mass is 35.5. The van der Waals surface area contributed by atoms with Crippen LogP contribution in [0.3, 0.4) is 0 Å². The Labute approximate surface area is 129 Å². The van der Waals surface area contributed by atoms with E-state index in [1.165, 1.54) is 0 Å². The van der Waals surface area contributed by atoms with Crippen LogP contribution in [0, 0.1) is 0 Å². The molecule has 2 aliphatic rings. The topological polar surface area (TPSA) is 49.8 Å². The number of carbonyl (C=O) groups is 1. The fraction of sp³-hybridized carbons (Fsp3) is 0.562. The van der Waals surface area contributed by atoms with E-state index in [0.29, 0.717) is 35.0 Å². The number of ether oxygens (including phenoxy) is 1. The van der Waals surface area contributed by atoms with Crippen LogP contribution in [0.25, 0.3) is 0 Å². The molecule has 0 spiro atoms. The van der Waals surface area contributed by atoms with Gasteiger partial charge in [-0.25, -0.2) is 0 Å². The van der Waals surface area contributed by atoms with Crippen molar-refractivity contribution in [2.45, 2.75) is 43.9 Å². The summed E-state index contributed by atoms with van der Waals surface area (Å²) in [5.41, 5.74) is 0.617. The zero-order valence-corrected chi connectivity index (χ0v) is 12.8. The number of fused-ring (bicyclic) bond motifs is 2. The van der Waals surface area contributed by atoms with E-state index in [0.717, 1.165) is 25.7 Å². The van der Waals surface area contributed by atoms with E-state index in [2.05, 4.69) is 4.90 Å². The Hall–Kier alpha value is -1.10. The number of aliphatic hydroxyl groups excluding tert-OH is 1. The summed E-state index contributed by atoms with van der Waals surface area (Å²) in [6, 6.07) is 5.84. The third kappa shape index (κ3) is 2.93. The normalized spacial score (nSPS) is 28.6. The molecule has 2 fully saturated rings. The number of nitrogens with zero attached hydrogens (tertiary/aromatic N) is 1. The van der Waals surface area contributed by atoms with E-state index >= 15 is 0 Å². The number of rotatable bonds is 4. The molecule has 5 heteroatoms. The van der Waals surface area contributed by atoms with Gasteiger partial charge in [0.25, 0.3) is 0 Å². The van der Waals surface area contributed by atoms with Crippen LogP contribution >= 0.6 is 11.6 Å². The third-order valence-corrected chi connectivity index (χ3v) is 4.95. The zero-order valence-electron chi connectivity index (χ0n) is 12.1. The number of piperidine rings is 1. The van der Waals surface area contributed by atoms with Crippen LogP contribution in [0.1, 0.15) is 36.0 Å². The molecule has 2 bridgehead atoms. The Morgan fingerprint density at radius 3 is 2.62 bits per heavy atom. The molecule has 2 unspecified atom stereocenters. The number of ketones is 1. The Balaban J connectivity index is 1.71. The molecule has 4 nitrogen and oxygen atoms in total. The monoisotopic (exact) mass is 309 g/mol. The van der Waals surface area contributed by atoms with E-state index in [1.807, 2.05) is 0 Å². The largest absolute Gasteiger partial charge is 0.495 e. The molecular formula is C16H20ClNO3. The third-order valence-electron chi connectivity index (χ3n) is 4.66. The van der Waals surface area contributed by atoms with Gasteiger partial charge in [-0.3, -0.25) is 9.69 Å². The fourth-order valence-corrected chi connectivity index (χ4v) is 3.86. The van der Waals surface area contributed by atoms with Crippen molar-refractivity contribution in [1.82, 2.24) is 4.90 Å². The van der Waals surface area contributed by atoms with Crippen molar-refractivity contribution >= 4 is 17.4 Å². The lowest BCUT2D eigenvalue weighted by atomic mass is 9.99. The summed E-state index contributed by atoms with van der Waals surface area (Å²) >= 11 is 6.08. The summed E-state index contributed by atoms with van der Waals surface area (Å²) in [6.07, 6.45) is 3.53. The maximum atomic E-state index is 12.5. The molecule has 3 rings (SSSR count). The predicted molar refractivity (Wildman–Crippen MR) is 81.1 cm³/mol. The number of aliphatic hydroxyl groups is 1. The van der Waals surface area contributed by atoms with Crippen LogP contribution < -0.4 is 4.74 Å². The van der Waals surface area contributed by atoms with Gasteiger partial charge in [0.05, 0.1) is 24.8 Å². The fourth-order valence-electron chi connectivity index (χ4n) is 3.60. The lowest BCUT2D eigenvalue weighted by Gasteiger charge is -2.36. The van der Waals surface area contributed by atoms with Gasteiger partial charge < -0.3 is 9.84 Å². The smallest absolute Gasteiger partial charge is 0.176 e. The lowest BCUT2D eigenvalue weighted by Crippen LogP contribution is -2.46. The number of hydrogen-bond acceptors (Lipinski definition) is 4. The molecule has 1 N–H and O–H groups in total. The first-order valence-electron chi connectivity index (χ1n) is 7.39. The zero-order chi connectivity index (χ0) is 15.0. The minimum Gasteiger partial charge on any atom is -0.495 e. The molecular weight excluding hydrogens is 290 g/mol. The molecule has 2 heterocycles. The van der Waals surface area contributed by atoms with Gasteiger partial charge in [0.1, 0.15) is 5.75 Å². The first-order chi connectivity index (χ1) is 10.1. The first-order valence-corrected chi connectivity index (χ1v) is 7.77. The number of carbonyl (C=O) groups excluding carboxylic acids is 1. The predicted octanol–water partition coefficient (Wildman–Crippen LogP) is 2.52. The number of Topliss-reactive ketones (excluding diaryl/α,β-unsaturated/α-hetero) is 1. The van der Waals surface area contributed by atoms with Gasteiger partial charge in [-0.1, -0.05) is 11.6 Å². The van der Waals surface area contributed by atoms with Gasteiger partial charge in [-0.15, -0.1) is 0 Å².